The molecule has 0 aliphatic carbocycles. The average molecular weight is 544 g/mol. The van der Waals surface area contributed by atoms with Crippen molar-refractivity contribution in [2.24, 2.45) is 5.92 Å². The van der Waals surface area contributed by atoms with Gasteiger partial charge in [-0.25, -0.2) is 0 Å². The van der Waals surface area contributed by atoms with Gasteiger partial charge in [0.2, 0.25) is 0 Å². The highest BCUT2D eigenvalue weighted by molar-refractivity contribution is 6.71. The van der Waals surface area contributed by atoms with Crippen molar-refractivity contribution in [2.45, 2.75) is 69.7 Å². The maximum Gasteiger partial charge on any atom is 0.264 e. The Morgan fingerprint density at radius 3 is 2.76 bits per heavy atom. The van der Waals surface area contributed by atoms with Crippen molar-refractivity contribution in [2.75, 3.05) is 23.4 Å². The number of aryl methyl sites for hydroxylation is 1. The highest BCUT2D eigenvalue weighted by Crippen LogP contribution is 2.59. The van der Waals surface area contributed by atoms with Crippen molar-refractivity contribution in [3.05, 3.63) is 48.3 Å². The first-order chi connectivity index (χ1) is 17.9. The largest absolute Gasteiger partial charge is 0.432 e. The number of hydrogen-bond donors (Lipinski definition) is 4. The van der Waals surface area contributed by atoms with Crippen LogP contribution in [0.25, 0.3) is 0 Å². The third-order valence-electron chi connectivity index (χ3n) is 7.54. The lowest BCUT2D eigenvalue weighted by Crippen LogP contribution is -2.46. The molecular formula is C26H37N5O6Si. The van der Waals surface area contributed by atoms with E-state index in [1.807, 2.05) is 20.0 Å². The summed E-state index contributed by atoms with van der Waals surface area (Å²) in [5.41, 5.74) is 0.800. The summed E-state index contributed by atoms with van der Waals surface area (Å²) in [7, 11) is -2.83. The van der Waals surface area contributed by atoms with Crippen LogP contribution in [0.4, 0.5) is 11.4 Å². The van der Waals surface area contributed by atoms with Gasteiger partial charge in [-0.2, -0.15) is 0 Å². The van der Waals surface area contributed by atoms with E-state index in [1.54, 1.807) is 40.1 Å². The first-order valence-electron chi connectivity index (χ1n) is 12.9. The summed E-state index contributed by atoms with van der Waals surface area (Å²) >= 11 is 0. The molecule has 1 aromatic carbocycles. The lowest BCUT2D eigenvalue weighted by molar-refractivity contribution is -0.145. The van der Waals surface area contributed by atoms with Crippen molar-refractivity contribution < 1.29 is 29.3 Å². The summed E-state index contributed by atoms with van der Waals surface area (Å²) in [5, 5.41) is 29.7. The van der Waals surface area contributed by atoms with Gasteiger partial charge in [0.1, 0.15) is 6.10 Å². The van der Waals surface area contributed by atoms with E-state index in [0.29, 0.717) is 42.0 Å². The van der Waals surface area contributed by atoms with E-state index in [2.05, 4.69) is 22.2 Å². The molecule has 4 N–H and O–H groups in total. The second-order valence-corrected chi connectivity index (χ2v) is 14.7. The predicted octanol–water partition coefficient (Wildman–Crippen LogP) is 1.55. The fourth-order valence-electron chi connectivity index (χ4n) is 5.92. The number of anilines is 2. The minimum atomic E-state index is -2.83. The Morgan fingerprint density at radius 2 is 2.13 bits per heavy atom. The maximum atomic E-state index is 14.1. The van der Waals surface area contributed by atoms with Crippen LogP contribution in [0.3, 0.4) is 0 Å². The summed E-state index contributed by atoms with van der Waals surface area (Å²) in [5.74, 6) is -1.14. The number of amides is 2. The Balaban J connectivity index is 1.73. The van der Waals surface area contributed by atoms with Gasteiger partial charge in [0.15, 0.2) is 13.9 Å². The summed E-state index contributed by atoms with van der Waals surface area (Å²) in [6, 6.07) is 5.19. The Morgan fingerprint density at radius 1 is 1.39 bits per heavy atom. The Labute approximate surface area is 223 Å². The second-order valence-electron chi connectivity index (χ2n) is 10.7. The molecule has 0 radical (unpaired) electrons. The van der Waals surface area contributed by atoms with Crippen molar-refractivity contribution in [3.63, 3.8) is 0 Å². The number of rotatable bonds is 10. The van der Waals surface area contributed by atoms with E-state index >= 15 is 0 Å². The molecule has 1 saturated heterocycles. The average Bonchev–Trinajstić information content (AvgIpc) is 3.48. The van der Waals surface area contributed by atoms with Crippen LogP contribution in [0.2, 0.25) is 18.6 Å². The highest BCUT2D eigenvalue weighted by atomic mass is 28.4. The molecule has 3 heterocycles. The zero-order chi connectivity index (χ0) is 27.8. The lowest BCUT2D eigenvalue weighted by atomic mass is 9.82. The Hall–Kier alpha value is -2.90. The number of fused-ring (bicyclic) bond motifs is 2. The molecule has 1 aromatic heterocycles. The monoisotopic (exact) mass is 543 g/mol. The number of ether oxygens (including phenoxy) is 1. The zero-order valence-corrected chi connectivity index (χ0v) is 23.3. The normalized spacial score (nSPS) is 25.6. The van der Waals surface area contributed by atoms with Crippen LogP contribution in [-0.4, -0.2) is 75.5 Å². The fraction of sp³-hybridized carbons (Fsp3) is 0.538. The zero-order valence-electron chi connectivity index (χ0n) is 22.3. The van der Waals surface area contributed by atoms with Gasteiger partial charge >= 0.3 is 0 Å². The molecule has 2 aromatic rings. The van der Waals surface area contributed by atoms with Gasteiger partial charge in [0, 0.05) is 55.0 Å². The molecule has 38 heavy (non-hydrogen) atoms. The summed E-state index contributed by atoms with van der Waals surface area (Å²) in [4.78, 5) is 39.3. The number of nitrogens with zero attached hydrogens (tertiary/aromatic N) is 4. The van der Waals surface area contributed by atoms with Crippen molar-refractivity contribution in [1.82, 2.24) is 15.0 Å². The van der Waals surface area contributed by atoms with Crippen molar-refractivity contribution in [1.29, 1.82) is 0 Å². The number of carbonyl (C=O) groups is 2. The Kier molecular flexibility index (Phi) is 7.91. The van der Waals surface area contributed by atoms with Crippen LogP contribution in [0.15, 0.2) is 37.1 Å². The molecule has 1 spiro atoms. The molecule has 2 amide bonds. The molecule has 11 nitrogen and oxygen atoms in total. The van der Waals surface area contributed by atoms with Crippen LogP contribution in [-0.2, 0) is 32.9 Å². The van der Waals surface area contributed by atoms with Gasteiger partial charge < -0.3 is 30.0 Å². The van der Waals surface area contributed by atoms with E-state index in [9.17, 15) is 19.5 Å². The predicted molar refractivity (Wildman–Crippen MR) is 144 cm³/mol. The number of hydrogen-bond acceptors (Lipinski definition) is 8. The van der Waals surface area contributed by atoms with E-state index in [-0.39, 0.29) is 30.5 Å². The van der Waals surface area contributed by atoms with E-state index in [0.717, 1.165) is 0 Å². The molecule has 206 valence electrons. The van der Waals surface area contributed by atoms with Gasteiger partial charge in [-0.1, -0.05) is 18.2 Å². The molecular weight excluding hydrogens is 506 g/mol. The van der Waals surface area contributed by atoms with Crippen molar-refractivity contribution in [3.8, 4) is 0 Å². The summed E-state index contributed by atoms with van der Waals surface area (Å²) in [6.07, 6.45) is 2.72. The van der Waals surface area contributed by atoms with Gasteiger partial charge in [0.05, 0.1) is 17.5 Å². The first kappa shape index (κ1) is 28.1. The SMILES string of the molecule is C=CCN1C(=O)[C@]2(O[C@H](CCn3cc(CCO)nn3)[C@@H]([Si](C)(C)O)[C@@H]2C)c2cc(NC(=O)[C@H](C)O)ccc21. The standard InChI is InChI=1S/C26H37N5O6Si/c1-6-11-31-21-8-7-18(27-24(34)17(3)33)14-20(21)26(25(31)35)16(2)23(38(4,5)36)22(37-26)9-12-30-15-19(10-13-32)28-29-30/h6-8,14-17,22-23,32-33,36H,1,9-13H2,2-5H3,(H,27,34)/t16-,17-,22+,23-,26+/m0/s1. The molecule has 0 unspecified atom stereocenters. The maximum absolute atomic E-state index is 14.1. The van der Waals surface area contributed by atoms with Crippen LogP contribution in [0.5, 0.6) is 0 Å². The van der Waals surface area contributed by atoms with E-state index in [1.165, 1.54) is 6.92 Å². The summed E-state index contributed by atoms with van der Waals surface area (Å²) in [6.45, 7) is 11.6. The third-order valence-corrected chi connectivity index (χ3v) is 10.0. The molecule has 1 fully saturated rings. The number of aliphatic hydroxyl groups excluding tert-OH is 2. The van der Waals surface area contributed by atoms with E-state index < -0.39 is 32.0 Å². The number of aromatic nitrogens is 3. The molecule has 12 heteroatoms. The molecule has 2 aliphatic rings. The first-order valence-corrected chi connectivity index (χ1v) is 15.9. The summed E-state index contributed by atoms with van der Waals surface area (Å²) < 4.78 is 8.43. The number of aliphatic hydroxyl groups is 2. The molecule has 2 aliphatic heterocycles. The van der Waals surface area contributed by atoms with Gasteiger partial charge in [-0.15, -0.1) is 11.7 Å². The fourth-order valence-corrected chi connectivity index (χ4v) is 8.52. The number of nitrogens with one attached hydrogen (secondary N) is 1. The lowest BCUT2D eigenvalue weighted by Gasteiger charge is -2.32. The van der Waals surface area contributed by atoms with Crippen LogP contribution in [0, 0.1) is 5.92 Å². The van der Waals surface area contributed by atoms with Gasteiger partial charge in [-0.05, 0) is 44.6 Å². The highest BCUT2D eigenvalue weighted by Gasteiger charge is 2.66. The third kappa shape index (κ3) is 4.94. The van der Waals surface area contributed by atoms with Crippen LogP contribution < -0.4 is 10.2 Å². The smallest absolute Gasteiger partial charge is 0.264 e. The topological polar surface area (TPSA) is 150 Å². The van der Waals surface area contributed by atoms with Gasteiger partial charge in [0.25, 0.3) is 11.8 Å². The number of carbonyl (C=O) groups excluding carboxylic acids is 2. The quantitative estimate of drug-likeness (QED) is 0.260. The van der Waals surface area contributed by atoms with Gasteiger partial charge in [-0.3, -0.25) is 14.3 Å². The second kappa shape index (κ2) is 10.7. The minimum absolute atomic E-state index is 0.0147. The minimum Gasteiger partial charge on any atom is -0.432 e. The number of benzene rings is 1. The van der Waals surface area contributed by atoms with E-state index in [4.69, 9.17) is 9.84 Å². The van der Waals surface area contributed by atoms with Crippen LogP contribution >= 0.6 is 0 Å². The molecule has 0 bridgehead atoms. The van der Waals surface area contributed by atoms with Crippen molar-refractivity contribution >= 4 is 31.5 Å². The van der Waals surface area contributed by atoms with Crippen LogP contribution in [0.1, 0.15) is 31.5 Å². The molecule has 0 saturated carbocycles. The molecule has 4 rings (SSSR count). The Bertz CT molecular complexity index is 1210. The molecule has 5 atom stereocenters.